The van der Waals surface area contributed by atoms with Gasteiger partial charge in [-0.05, 0) is 18.4 Å². The Bertz CT molecular complexity index is 621. The van der Waals surface area contributed by atoms with Gasteiger partial charge in [0.05, 0.1) is 11.4 Å². The molecule has 0 radical (unpaired) electrons. The molecule has 1 aromatic carbocycles. The molecule has 0 aliphatic rings. The van der Waals surface area contributed by atoms with E-state index < -0.39 is 11.6 Å². The summed E-state index contributed by atoms with van der Waals surface area (Å²) < 4.78 is 27.5. The molecule has 1 aromatic heterocycles. The Kier molecular flexibility index (Phi) is 5.32. The predicted octanol–water partition coefficient (Wildman–Crippen LogP) is 3.27. The number of benzene rings is 1. The van der Waals surface area contributed by atoms with Gasteiger partial charge in [0.1, 0.15) is 11.6 Å². The van der Waals surface area contributed by atoms with Crippen LogP contribution in [0.15, 0.2) is 26.9 Å². The van der Waals surface area contributed by atoms with Gasteiger partial charge in [-0.2, -0.15) is 0 Å². The quantitative estimate of drug-likeness (QED) is 0.851. The number of aromatic nitrogens is 2. The number of carbonyl (C=O) groups excluding carboxylic acids is 1. The Hall–Kier alpha value is -1.19. The number of rotatable bonds is 5. The minimum Gasteiger partial charge on any atom is -0.323 e. The molecule has 1 N–H and O–H groups in total. The molecule has 2 aromatic rings. The monoisotopic (exact) mass is 333 g/mol. The molecule has 0 unspecified atom stereocenters. The summed E-state index contributed by atoms with van der Waals surface area (Å²) in [6, 6.07) is 2.99. The summed E-state index contributed by atoms with van der Waals surface area (Å²) in [5.41, 5.74) is -0.0425. The van der Waals surface area contributed by atoms with Gasteiger partial charge in [-0.3, -0.25) is 4.79 Å². The normalized spacial score (nSPS) is 10.6. The number of anilines is 1. The molecule has 0 aliphatic heterocycles. The van der Waals surface area contributed by atoms with E-state index in [9.17, 15) is 13.6 Å². The van der Waals surface area contributed by atoms with Crippen molar-refractivity contribution in [1.82, 2.24) is 10.2 Å². The summed E-state index contributed by atoms with van der Waals surface area (Å²) >= 11 is 4.08. The van der Waals surface area contributed by atoms with Gasteiger partial charge in [-0.25, -0.2) is 8.78 Å². The van der Waals surface area contributed by atoms with Gasteiger partial charge in [0.15, 0.2) is 8.68 Å². The molecule has 9 heteroatoms. The molecule has 0 fully saturated rings. The number of thioether (sulfide) groups is 2. The first-order valence-corrected chi connectivity index (χ1v) is 8.36. The molecule has 0 aliphatic carbocycles. The number of nitrogens with one attached hydrogen (secondary N) is 1. The van der Waals surface area contributed by atoms with Gasteiger partial charge < -0.3 is 5.32 Å². The summed E-state index contributed by atoms with van der Waals surface area (Å²) in [6.45, 7) is 0. The van der Waals surface area contributed by atoms with Crippen LogP contribution in [0.4, 0.5) is 14.5 Å². The highest BCUT2D eigenvalue weighted by Gasteiger charge is 2.10. The zero-order chi connectivity index (χ0) is 14.5. The summed E-state index contributed by atoms with van der Waals surface area (Å²) in [5.74, 6) is -1.79. The molecule has 2 rings (SSSR count). The first kappa shape index (κ1) is 15.2. The number of halogens is 2. The minimum atomic E-state index is -0.802. The van der Waals surface area contributed by atoms with E-state index in [1.807, 2.05) is 6.26 Å². The summed E-state index contributed by atoms with van der Waals surface area (Å²) in [6.07, 6.45) is 1.89. The van der Waals surface area contributed by atoms with E-state index in [0.29, 0.717) is 4.34 Å². The Morgan fingerprint density at radius 3 is 2.75 bits per heavy atom. The van der Waals surface area contributed by atoms with Crippen LogP contribution in [-0.2, 0) is 4.79 Å². The van der Waals surface area contributed by atoms with Crippen molar-refractivity contribution in [2.45, 2.75) is 8.68 Å². The SMILES string of the molecule is CSc1nnc(SCC(=O)Nc2ccc(F)cc2F)s1. The minimum absolute atomic E-state index is 0.0425. The van der Waals surface area contributed by atoms with Crippen LogP contribution in [0, 0.1) is 11.6 Å². The van der Waals surface area contributed by atoms with E-state index in [-0.39, 0.29) is 17.3 Å². The van der Waals surface area contributed by atoms with E-state index >= 15 is 0 Å². The summed E-state index contributed by atoms with van der Waals surface area (Å²) in [4.78, 5) is 11.7. The number of carbonyl (C=O) groups is 1. The van der Waals surface area contributed by atoms with Crippen LogP contribution in [0.25, 0.3) is 0 Å². The molecular weight excluding hydrogens is 324 g/mol. The van der Waals surface area contributed by atoms with Crippen LogP contribution < -0.4 is 5.32 Å². The lowest BCUT2D eigenvalue weighted by Gasteiger charge is -2.05. The van der Waals surface area contributed by atoms with Crippen molar-refractivity contribution in [2.75, 3.05) is 17.3 Å². The first-order valence-electron chi connectivity index (χ1n) is 5.33. The smallest absolute Gasteiger partial charge is 0.234 e. The molecule has 0 spiro atoms. The molecule has 0 atom stereocenters. The molecular formula is C11H9F2N3OS3. The second-order valence-electron chi connectivity index (χ2n) is 3.50. The molecule has 0 saturated heterocycles. The maximum absolute atomic E-state index is 13.3. The lowest BCUT2D eigenvalue weighted by atomic mass is 10.3. The first-order chi connectivity index (χ1) is 9.58. The van der Waals surface area contributed by atoms with Crippen LogP contribution in [0.2, 0.25) is 0 Å². The van der Waals surface area contributed by atoms with Gasteiger partial charge >= 0.3 is 0 Å². The lowest BCUT2D eigenvalue weighted by Crippen LogP contribution is -2.15. The fourth-order valence-electron chi connectivity index (χ4n) is 1.24. The molecule has 4 nitrogen and oxygen atoms in total. The molecule has 1 heterocycles. The van der Waals surface area contributed by atoms with Gasteiger partial charge in [-0.1, -0.05) is 34.9 Å². The Balaban J connectivity index is 1.89. The zero-order valence-electron chi connectivity index (χ0n) is 10.2. The van der Waals surface area contributed by atoms with Crippen molar-refractivity contribution in [1.29, 1.82) is 0 Å². The number of hydrogen-bond donors (Lipinski definition) is 1. The van der Waals surface area contributed by atoms with Crippen molar-refractivity contribution in [2.24, 2.45) is 0 Å². The number of hydrogen-bond acceptors (Lipinski definition) is 6. The van der Waals surface area contributed by atoms with Gasteiger partial charge in [0, 0.05) is 6.07 Å². The van der Waals surface area contributed by atoms with E-state index in [4.69, 9.17) is 0 Å². The maximum Gasteiger partial charge on any atom is 0.234 e. The summed E-state index contributed by atoms with van der Waals surface area (Å²) in [7, 11) is 0. The molecule has 20 heavy (non-hydrogen) atoms. The lowest BCUT2D eigenvalue weighted by molar-refractivity contribution is -0.113. The van der Waals surface area contributed by atoms with Crippen molar-refractivity contribution >= 4 is 46.5 Å². The third-order valence-corrected chi connectivity index (χ3v) is 5.13. The molecule has 1 amide bonds. The van der Waals surface area contributed by atoms with Gasteiger partial charge in [-0.15, -0.1) is 10.2 Å². The Labute approximate surface area is 126 Å². The van der Waals surface area contributed by atoms with Crippen LogP contribution in [0.3, 0.4) is 0 Å². The maximum atomic E-state index is 13.3. The van der Waals surface area contributed by atoms with Crippen molar-refractivity contribution in [3.63, 3.8) is 0 Å². The van der Waals surface area contributed by atoms with Crippen LogP contribution >= 0.6 is 34.9 Å². The molecule has 106 valence electrons. The number of amides is 1. The van der Waals surface area contributed by atoms with Crippen molar-refractivity contribution < 1.29 is 13.6 Å². The average Bonchev–Trinajstić information content (AvgIpc) is 2.88. The second-order valence-corrected chi connectivity index (χ2v) is 6.75. The van der Waals surface area contributed by atoms with E-state index in [1.54, 1.807) is 0 Å². The fourth-order valence-corrected chi connectivity index (χ4v) is 3.48. The van der Waals surface area contributed by atoms with E-state index in [2.05, 4.69) is 15.5 Å². The molecule has 0 bridgehead atoms. The largest absolute Gasteiger partial charge is 0.323 e. The van der Waals surface area contributed by atoms with Gasteiger partial charge in [0.2, 0.25) is 5.91 Å². The Morgan fingerprint density at radius 2 is 2.10 bits per heavy atom. The average molecular weight is 333 g/mol. The van der Waals surface area contributed by atoms with E-state index in [0.717, 1.165) is 16.5 Å². The van der Waals surface area contributed by atoms with Crippen LogP contribution in [0.1, 0.15) is 0 Å². The third-order valence-electron chi connectivity index (χ3n) is 2.09. The highest BCUT2D eigenvalue weighted by atomic mass is 32.2. The Morgan fingerprint density at radius 1 is 1.35 bits per heavy atom. The van der Waals surface area contributed by atoms with E-state index in [1.165, 1.54) is 40.9 Å². The van der Waals surface area contributed by atoms with Crippen LogP contribution in [-0.4, -0.2) is 28.1 Å². The summed E-state index contributed by atoms with van der Waals surface area (Å²) in [5, 5.41) is 10.2. The fraction of sp³-hybridized carbons (Fsp3) is 0.182. The van der Waals surface area contributed by atoms with Gasteiger partial charge in [0.25, 0.3) is 0 Å². The number of nitrogens with zero attached hydrogens (tertiary/aromatic N) is 2. The standard InChI is InChI=1S/C11H9F2N3OS3/c1-18-10-15-16-11(20-10)19-5-9(17)14-8-3-2-6(12)4-7(8)13/h2-4H,5H2,1H3,(H,14,17). The predicted molar refractivity (Wildman–Crippen MR) is 77.4 cm³/mol. The topological polar surface area (TPSA) is 54.9 Å². The van der Waals surface area contributed by atoms with Crippen LogP contribution in [0.5, 0.6) is 0 Å². The highest BCUT2D eigenvalue weighted by molar-refractivity contribution is 8.03. The zero-order valence-corrected chi connectivity index (χ0v) is 12.7. The highest BCUT2D eigenvalue weighted by Crippen LogP contribution is 2.27. The third kappa shape index (κ3) is 4.15. The molecule has 0 saturated carbocycles. The van der Waals surface area contributed by atoms with Crippen molar-refractivity contribution in [3.8, 4) is 0 Å². The van der Waals surface area contributed by atoms with Crippen molar-refractivity contribution in [3.05, 3.63) is 29.8 Å². The second kappa shape index (κ2) is 7.00.